The highest BCUT2D eigenvalue weighted by molar-refractivity contribution is 7.92. The van der Waals surface area contributed by atoms with Crippen molar-refractivity contribution in [1.82, 2.24) is 5.32 Å². The minimum atomic E-state index is -3.86. The number of hydrogen-bond acceptors (Lipinski definition) is 7. The predicted molar refractivity (Wildman–Crippen MR) is 165 cm³/mol. The van der Waals surface area contributed by atoms with E-state index >= 15 is 0 Å². The normalized spacial score (nSPS) is 22.7. The number of rotatable bonds is 10. The van der Waals surface area contributed by atoms with Crippen molar-refractivity contribution in [3.63, 3.8) is 0 Å². The van der Waals surface area contributed by atoms with Gasteiger partial charge in [0.1, 0.15) is 11.5 Å². The molecule has 2 aromatic rings. The second-order valence-corrected chi connectivity index (χ2v) is 12.6. The SMILES string of the molecule is CCNCC.CCOc1cccc(S(=O)(=O)Nc2cccc(C(C3CC3)C3C(=O)OC4=CC=CCCCC4C3O)c2)c1. The van der Waals surface area contributed by atoms with E-state index in [0.29, 0.717) is 23.8 Å². The van der Waals surface area contributed by atoms with Crippen LogP contribution in [0.5, 0.6) is 5.75 Å². The van der Waals surface area contributed by atoms with Gasteiger partial charge in [0, 0.05) is 23.6 Å². The van der Waals surface area contributed by atoms with Gasteiger partial charge < -0.3 is 19.9 Å². The van der Waals surface area contributed by atoms with Crippen molar-refractivity contribution in [2.45, 2.75) is 69.8 Å². The maximum Gasteiger partial charge on any atom is 0.317 e. The molecule has 42 heavy (non-hydrogen) atoms. The Hall–Kier alpha value is -3.14. The molecule has 5 rings (SSSR count). The summed E-state index contributed by atoms with van der Waals surface area (Å²) in [5.74, 6) is -0.344. The molecular weight excluding hydrogens is 552 g/mol. The van der Waals surface area contributed by atoms with Crippen LogP contribution in [0, 0.1) is 17.8 Å². The highest BCUT2D eigenvalue weighted by atomic mass is 32.2. The molecule has 2 aromatic carbocycles. The van der Waals surface area contributed by atoms with E-state index < -0.39 is 28.0 Å². The van der Waals surface area contributed by atoms with Crippen LogP contribution in [0.4, 0.5) is 5.69 Å². The van der Waals surface area contributed by atoms with Gasteiger partial charge in [-0.15, -0.1) is 0 Å². The third-order valence-corrected chi connectivity index (χ3v) is 9.27. The highest BCUT2D eigenvalue weighted by Crippen LogP contribution is 2.51. The minimum absolute atomic E-state index is 0.103. The number of aliphatic hydroxyl groups is 1. The lowest BCUT2D eigenvalue weighted by atomic mass is 9.72. The van der Waals surface area contributed by atoms with Crippen molar-refractivity contribution in [1.29, 1.82) is 0 Å². The van der Waals surface area contributed by atoms with Crippen LogP contribution in [0.3, 0.4) is 0 Å². The third kappa shape index (κ3) is 8.02. The largest absolute Gasteiger partial charge is 0.494 e. The number of hydrogen-bond donors (Lipinski definition) is 3. The van der Waals surface area contributed by atoms with Crippen LogP contribution < -0.4 is 14.8 Å². The van der Waals surface area contributed by atoms with Crippen LogP contribution in [0.2, 0.25) is 0 Å². The number of carbonyl (C=O) groups is 1. The topological polar surface area (TPSA) is 114 Å². The van der Waals surface area contributed by atoms with Gasteiger partial charge in [0.15, 0.2) is 0 Å². The Labute approximate surface area is 250 Å². The number of allylic oxidation sites excluding steroid dienone is 3. The van der Waals surface area contributed by atoms with E-state index in [1.165, 1.54) is 12.1 Å². The molecule has 1 saturated carbocycles. The second kappa shape index (κ2) is 14.8. The summed E-state index contributed by atoms with van der Waals surface area (Å²) in [6, 6.07) is 13.5. The Morgan fingerprint density at radius 1 is 1.05 bits per heavy atom. The zero-order valence-corrected chi connectivity index (χ0v) is 25.6. The number of nitrogens with one attached hydrogen (secondary N) is 2. The first kappa shape index (κ1) is 31.8. The van der Waals surface area contributed by atoms with Gasteiger partial charge in [-0.25, -0.2) is 8.42 Å². The van der Waals surface area contributed by atoms with Crippen LogP contribution in [-0.4, -0.2) is 45.3 Å². The Morgan fingerprint density at radius 2 is 1.81 bits per heavy atom. The predicted octanol–water partition coefficient (Wildman–Crippen LogP) is 5.77. The fourth-order valence-electron chi connectivity index (χ4n) is 5.76. The molecule has 0 bridgehead atoms. The summed E-state index contributed by atoms with van der Waals surface area (Å²) in [4.78, 5) is 13.3. The Balaban J connectivity index is 0.000000748. The van der Waals surface area contributed by atoms with Gasteiger partial charge in [-0.05, 0) is 93.9 Å². The smallest absolute Gasteiger partial charge is 0.317 e. The van der Waals surface area contributed by atoms with Crippen LogP contribution in [0.25, 0.3) is 0 Å². The van der Waals surface area contributed by atoms with Crippen molar-refractivity contribution in [2.24, 2.45) is 17.8 Å². The van der Waals surface area contributed by atoms with E-state index in [-0.39, 0.29) is 22.6 Å². The zero-order chi connectivity index (χ0) is 30.1. The van der Waals surface area contributed by atoms with Crippen molar-refractivity contribution in [2.75, 3.05) is 24.4 Å². The molecule has 9 heteroatoms. The number of benzene rings is 2. The van der Waals surface area contributed by atoms with Crippen molar-refractivity contribution in [3.05, 3.63) is 78.1 Å². The first-order valence-electron chi connectivity index (χ1n) is 15.1. The van der Waals surface area contributed by atoms with Crippen LogP contribution in [0.1, 0.15) is 64.4 Å². The molecule has 1 saturated heterocycles. The van der Waals surface area contributed by atoms with Crippen molar-refractivity contribution >= 4 is 21.7 Å². The number of aliphatic hydroxyl groups excluding tert-OH is 1. The summed E-state index contributed by atoms with van der Waals surface area (Å²) in [5, 5.41) is 14.6. The van der Waals surface area contributed by atoms with Crippen molar-refractivity contribution in [3.8, 4) is 5.75 Å². The van der Waals surface area contributed by atoms with Gasteiger partial charge in [-0.3, -0.25) is 9.52 Å². The number of sulfonamides is 1. The van der Waals surface area contributed by atoms with Crippen LogP contribution in [-0.2, 0) is 19.6 Å². The first-order valence-corrected chi connectivity index (χ1v) is 16.6. The molecule has 2 aliphatic carbocycles. The van der Waals surface area contributed by atoms with Crippen molar-refractivity contribution < 1.29 is 27.8 Å². The molecule has 8 nitrogen and oxygen atoms in total. The standard InChI is InChI=1S/C29H33NO6S.C4H11N/c1-2-35-22-11-8-12-23(18-22)37(33,34)30-21-10-7-9-20(17-21)26(19-15-16-19)27-28(31)24-13-5-3-4-6-14-25(24)36-29(27)32;1-3-5-4-2/h4,6-12,14,17-19,24,26-28,30-31H,2-3,5,13,15-16H2,1H3;5H,3-4H2,1-2H3. The summed E-state index contributed by atoms with van der Waals surface area (Å²) in [6.45, 7) is 8.66. The maximum absolute atomic E-state index is 13.2. The van der Waals surface area contributed by atoms with Gasteiger partial charge in [0.05, 0.1) is 23.5 Å². The molecule has 1 heterocycles. The van der Waals surface area contributed by atoms with E-state index in [0.717, 1.165) is 50.8 Å². The molecule has 3 N–H and O–H groups in total. The van der Waals surface area contributed by atoms with Crippen LogP contribution in [0.15, 0.2) is 77.4 Å². The van der Waals surface area contributed by atoms with E-state index in [1.807, 2.05) is 25.1 Å². The van der Waals surface area contributed by atoms with Gasteiger partial charge >= 0.3 is 5.97 Å². The molecule has 1 aliphatic heterocycles. The number of carbonyl (C=O) groups excluding carboxylic acids is 1. The summed E-state index contributed by atoms with van der Waals surface area (Å²) in [7, 11) is -3.86. The fraction of sp³-hybridized carbons (Fsp3) is 0.485. The number of fused-ring (bicyclic) bond motifs is 1. The molecular formula is C33H44N2O6S. The summed E-state index contributed by atoms with van der Waals surface area (Å²) < 4.78 is 40.1. The average molecular weight is 597 g/mol. The molecule has 0 spiro atoms. The molecule has 0 aromatic heterocycles. The molecule has 228 valence electrons. The van der Waals surface area contributed by atoms with Gasteiger partial charge in [-0.1, -0.05) is 44.2 Å². The number of esters is 1. The Bertz CT molecular complexity index is 1370. The molecule has 4 atom stereocenters. The molecule has 0 amide bonds. The lowest BCUT2D eigenvalue weighted by Crippen LogP contribution is -2.45. The summed E-state index contributed by atoms with van der Waals surface area (Å²) in [6.07, 6.45) is 9.37. The summed E-state index contributed by atoms with van der Waals surface area (Å²) >= 11 is 0. The van der Waals surface area contributed by atoms with E-state index in [9.17, 15) is 18.3 Å². The quantitative estimate of drug-likeness (QED) is 0.299. The second-order valence-electron chi connectivity index (χ2n) is 10.9. The maximum atomic E-state index is 13.2. The first-order chi connectivity index (χ1) is 20.3. The van der Waals surface area contributed by atoms with E-state index in [1.54, 1.807) is 36.4 Å². The van der Waals surface area contributed by atoms with Gasteiger partial charge in [-0.2, -0.15) is 0 Å². The third-order valence-electron chi connectivity index (χ3n) is 7.89. The summed E-state index contributed by atoms with van der Waals surface area (Å²) in [5.41, 5.74) is 1.23. The molecule has 4 unspecified atom stereocenters. The van der Waals surface area contributed by atoms with Gasteiger partial charge in [0.2, 0.25) is 0 Å². The minimum Gasteiger partial charge on any atom is -0.494 e. The lowest BCUT2D eigenvalue weighted by molar-refractivity contribution is -0.160. The Morgan fingerprint density at radius 3 is 2.50 bits per heavy atom. The number of ether oxygens (including phenoxy) is 2. The highest BCUT2D eigenvalue weighted by Gasteiger charge is 2.50. The Kier molecular flexibility index (Phi) is 11.2. The molecule has 0 radical (unpaired) electrons. The van der Waals surface area contributed by atoms with Crippen LogP contribution >= 0.6 is 0 Å². The fourth-order valence-corrected chi connectivity index (χ4v) is 6.85. The zero-order valence-electron chi connectivity index (χ0n) is 24.8. The average Bonchev–Trinajstić information content (AvgIpc) is 3.78. The van der Waals surface area contributed by atoms with E-state index in [2.05, 4.69) is 23.9 Å². The molecule has 3 aliphatic rings. The lowest BCUT2D eigenvalue weighted by Gasteiger charge is -2.39. The number of anilines is 1. The monoisotopic (exact) mass is 596 g/mol. The van der Waals surface area contributed by atoms with Gasteiger partial charge in [0.25, 0.3) is 10.0 Å². The van der Waals surface area contributed by atoms with E-state index in [4.69, 9.17) is 9.47 Å². The molecule has 2 fully saturated rings.